The molecule has 6 heteroatoms. The molecule has 0 spiro atoms. The molecule has 0 unspecified atom stereocenters. The largest absolute Gasteiger partial charge is 0.474 e. The van der Waals surface area contributed by atoms with Crippen LogP contribution in [0.25, 0.3) is 0 Å². The fourth-order valence-corrected chi connectivity index (χ4v) is 2.71. The first-order valence-corrected chi connectivity index (χ1v) is 8.08. The minimum atomic E-state index is -0.608. The van der Waals surface area contributed by atoms with E-state index < -0.39 is 11.7 Å². The highest BCUT2D eigenvalue weighted by molar-refractivity contribution is 6.30. The third-order valence-corrected chi connectivity index (χ3v) is 3.73. The van der Waals surface area contributed by atoms with Gasteiger partial charge in [0.1, 0.15) is 17.9 Å². The second-order valence-electron chi connectivity index (χ2n) is 6.57. The molecule has 0 bridgehead atoms. The van der Waals surface area contributed by atoms with Crippen LogP contribution in [0.3, 0.4) is 0 Å². The molecule has 1 aliphatic heterocycles. The average molecular weight is 347 g/mol. The molecule has 0 saturated heterocycles. The van der Waals surface area contributed by atoms with E-state index in [4.69, 9.17) is 21.1 Å². The van der Waals surface area contributed by atoms with Crippen LogP contribution in [0.5, 0.6) is 5.88 Å². The fraction of sp³-hybridized carbons (Fsp3) is 0.333. The summed E-state index contributed by atoms with van der Waals surface area (Å²) in [5.74, 6) is 0.373. The van der Waals surface area contributed by atoms with E-state index in [1.807, 2.05) is 51.1 Å². The van der Waals surface area contributed by atoms with Gasteiger partial charge in [0.25, 0.3) is 0 Å². The molecule has 24 heavy (non-hydrogen) atoms. The monoisotopic (exact) mass is 346 g/mol. The lowest BCUT2D eigenvalue weighted by molar-refractivity contribution is 0.0541. The standard InChI is InChI=1S/C18H19ClN2O3/c1-18(2,3)24-17(22)21-14-9-13(19)10-20-16(14)23-11-15(21)12-7-5-4-6-8-12/h4-10,15H,11H2,1-3H3/t15-/m1/s1. The number of halogens is 1. The molecular formula is C18H19ClN2O3. The van der Waals surface area contributed by atoms with Gasteiger partial charge in [0.15, 0.2) is 0 Å². The van der Waals surface area contributed by atoms with Crippen molar-refractivity contribution in [2.75, 3.05) is 11.5 Å². The number of benzene rings is 1. The van der Waals surface area contributed by atoms with E-state index in [9.17, 15) is 4.79 Å². The van der Waals surface area contributed by atoms with Gasteiger partial charge in [0.2, 0.25) is 5.88 Å². The smallest absolute Gasteiger partial charge is 0.415 e. The summed E-state index contributed by atoms with van der Waals surface area (Å²) in [5.41, 5.74) is 0.855. The van der Waals surface area contributed by atoms with Crippen molar-refractivity contribution in [2.45, 2.75) is 32.4 Å². The second kappa shape index (κ2) is 6.32. The SMILES string of the molecule is CC(C)(C)OC(=O)N1c2cc(Cl)cnc2OC[C@@H]1c1ccccc1. The second-order valence-corrected chi connectivity index (χ2v) is 7.00. The molecule has 1 aromatic heterocycles. The van der Waals surface area contributed by atoms with Crippen molar-refractivity contribution >= 4 is 23.4 Å². The lowest BCUT2D eigenvalue weighted by Crippen LogP contribution is -2.44. The molecule has 0 fully saturated rings. The lowest BCUT2D eigenvalue weighted by Gasteiger charge is -2.37. The quantitative estimate of drug-likeness (QED) is 0.756. The molecule has 0 saturated carbocycles. The van der Waals surface area contributed by atoms with E-state index >= 15 is 0 Å². The summed E-state index contributed by atoms with van der Waals surface area (Å²) in [5, 5.41) is 0.430. The topological polar surface area (TPSA) is 51.7 Å². The number of carbonyl (C=O) groups excluding carboxylic acids is 1. The van der Waals surface area contributed by atoms with E-state index in [1.165, 1.54) is 6.20 Å². The molecule has 126 valence electrons. The van der Waals surface area contributed by atoms with Gasteiger partial charge in [0, 0.05) is 6.20 Å². The Labute approximate surface area is 146 Å². The van der Waals surface area contributed by atoms with Gasteiger partial charge in [-0.3, -0.25) is 4.90 Å². The Morgan fingerprint density at radius 2 is 2.04 bits per heavy atom. The van der Waals surface area contributed by atoms with Gasteiger partial charge in [-0.1, -0.05) is 41.9 Å². The molecule has 0 aliphatic carbocycles. The van der Waals surface area contributed by atoms with Gasteiger partial charge in [-0.05, 0) is 32.4 Å². The summed E-state index contributed by atoms with van der Waals surface area (Å²) < 4.78 is 11.3. The number of hydrogen-bond acceptors (Lipinski definition) is 4. The first-order chi connectivity index (χ1) is 11.3. The minimum absolute atomic E-state index is 0.297. The van der Waals surface area contributed by atoms with Gasteiger partial charge in [0.05, 0.1) is 11.1 Å². The number of amides is 1. The summed E-state index contributed by atoms with van der Waals surface area (Å²) in [4.78, 5) is 18.6. The number of rotatable bonds is 1. The van der Waals surface area contributed by atoms with E-state index in [-0.39, 0.29) is 6.04 Å². The highest BCUT2D eigenvalue weighted by Gasteiger charge is 2.37. The predicted molar refractivity (Wildman–Crippen MR) is 92.6 cm³/mol. The summed E-state index contributed by atoms with van der Waals surface area (Å²) in [6.45, 7) is 5.80. The van der Waals surface area contributed by atoms with Crippen molar-refractivity contribution in [1.82, 2.24) is 4.98 Å². The Morgan fingerprint density at radius 3 is 2.71 bits per heavy atom. The van der Waals surface area contributed by atoms with Crippen LogP contribution < -0.4 is 9.64 Å². The Bertz CT molecular complexity index is 744. The van der Waals surface area contributed by atoms with Crippen LogP contribution in [-0.4, -0.2) is 23.3 Å². The summed E-state index contributed by atoms with van der Waals surface area (Å²) in [7, 11) is 0. The number of carbonyl (C=O) groups is 1. The number of pyridine rings is 1. The minimum Gasteiger partial charge on any atom is -0.474 e. The number of hydrogen-bond donors (Lipinski definition) is 0. The molecule has 0 N–H and O–H groups in total. The summed E-state index contributed by atoms with van der Waals surface area (Å²) >= 11 is 6.08. The zero-order valence-electron chi connectivity index (χ0n) is 13.8. The van der Waals surface area contributed by atoms with Crippen molar-refractivity contribution in [2.24, 2.45) is 0 Å². The van der Waals surface area contributed by atoms with Gasteiger partial charge in [-0.2, -0.15) is 0 Å². The number of nitrogens with zero attached hydrogens (tertiary/aromatic N) is 2. The van der Waals surface area contributed by atoms with Gasteiger partial charge < -0.3 is 9.47 Å². The molecule has 0 radical (unpaired) electrons. The zero-order valence-corrected chi connectivity index (χ0v) is 14.6. The summed E-state index contributed by atoms with van der Waals surface area (Å²) in [6, 6.07) is 11.0. The maximum absolute atomic E-state index is 12.8. The molecule has 2 aromatic rings. The zero-order chi connectivity index (χ0) is 17.3. The molecule has 3 rings (SSSR count). The van der Waals surface area contributed by atoms with Crippen LogP contribution in [0.4, 0.5) is 10.5 Å². The van der Waals surface area contributed by atoms with Crippen LogP contribution in [-0.2, 0) is 4.74 Å². The van der Waals surface area contributed by atoms with E-state index in [0.29, 0.717) is 23.2 Å². The van der Waals surface area contributed by atoms with E-state index in [2.05, 4.69) is 4.98 Å². The van der Waals surface area contributed by atoms with Crippen molar-refractivity contribution in [3.8, 4) is 5.88 Å². The molecule has 1 amide bonds. The number of aromatic nitrogens is 1. The van der Waals surface area contributed by atoms with Crippen molar-refractivity contribution < 1.29 is 14.3 Å². The third kappa shape index (κ3) is 3.46. The summed E-state index contributed by atoms with van der Waals surface area (Å²) in [6.07, 6.45) is 1.04. The average Bonchev–Trinajstić information content (AvgIpc) is 2.52. The first kappa shape index (κ1) is 16.6. The molecular weight excluding hydrogens is 328 g/mol. The van der Waals surface area contributed by atoms with E-state index in [0.717, 1.165) is 5.56 Å². The number of ether oxygens (including phenoxy) is 2. The molecule has 2 heterocycles. The Morgan fingerprint density at radius 1 is 1.33 bits per heavy atom. The van der Waals surface area contributed by atoms with Crippen molar-refractivity contribution in [1.29, 1.82) is 0 Å². The fourth-order valence-electron chi connectivity index (χ4n) is 2.56. The molecule has 1 aromatic carbocycles. The van der Waals surface area contributed by atoms with Crippen LogP contribution in [0, 0.1) is 0 Å². The van der Waals surface area contributed by atoms with Gasteiger partial charge >= 0.3 is 6.09 Å². The highest BCUT2D eigenvalue weighted by Crippen LogP contribution is 2.40. The predicted octanol–water partition coefficient (Wildman–Crippen LogP) is 4.61. The Balaban J connectivity index is 2.05. The first-order valence-electron chi connectivity index (χ1n) is 7.71. The van der Waals surface area contributed by atoms with Gasteiger partial charge in [-0.25, -0.2) is 9.78 Å². The highest BCUT2D eigenvalue weighted by atomic mass is 35.5. The molecule has 1 atom stereocenters. The number of fused-ring (bicyclic) bond motifs is 1. The van der Waals surface area contributed by atoms with Crippen molar-refractivity contribution in [3.63, 3.8) is 0 Å². The maximum atomic E-state index is 12.8. The maximum Gasteiger partial charge on any atom is 0.415 e. The van der Waals surface area contributed by atoms with Crippen LogP contribution >= 0.6 is 11.6 Å². The number of anilines is 1. The molecule has 1 aliphatic rings. The van der Waals surface area contributed by atoms with Gasteiger partial charge in [-0.15, -0.1) is 0 Å². The van der Waals surface area contributed by atoms with Crippen LogP contribution in [0.15, 0.2) is 42.6 Å². The lowest BCUT2D eigenvalue weighted by atomic mass is 10.0. The third-order valence-electron chi connectivity index (χ3n) is 3.52. The Kier molecular flexibility index (Phi) is 4.37. The van der Waals surface area contributed by atoms with Crippen molar-refractivity contribution in [3.05, 3.63) is 53.2 Å². The normalized spacial score (nSPS) is 17.0. The van der Waals surface area contributed by atoms with E-state index in [1.54, 1.807) is 11.0 Å². The molecule has 5 nitrogen and oxygen atoms in total. The van der Waals surface area contributed by atoms with Crippen LogP contribution in [0.2, 0.25) is 5.02 Å². The Hall–Kier alpha value is -2.27. The van der Waals surface area contributed by atoms with Crippen LogP contribution in [0.1, 0.15) is 32.4 Å².